The highest BCUT2D eigenvalue weighted by atomic mass is 79.9. The number of thiazole rings is 1. The van der Waals surface area contributed by atoms with Crippen LogP contribution in [0.2, 0.25) is 0 Å². The van der Waals surface area contributed by atoms with Gasteiger partial charge < -0.3 is 10.1 Å². The van der Waals surface area contributed by atoms with Gasteiger partial charge in [-0.05, 0) is 30.3 Å². The molecule has 5 nitrogen and oxygen atoms in total. The summed E-state index contributed by atoms with van der Waals surface area (Å²) in [5.74, 6) is 0.680. The monoisotopic (exact) mass is 417 g/mol. The van der Waals surface area contributed by atoms with Crippen LogP contribution >= 0.6 is 27.3 Å². The number of hydrogen-bond donors (Lipinski definition) is 1. The molecule has 0 radical (unpaired) electrons. The summed E-state index contributed by atoms with van der Waals surface area (Å²) in [5, 5.41) is 5.72. The Labute approximate surface area is 158 Å². The Kier molecular flexibility index (Phi) is 6.14. The Hall–Kier alpha value is -2.25. The average Bonchev–Trinajstić information content (AvgIpc) is 3.10. The Bertz CT molecular complexity index is 839. The van der Waals surface area contributed by atoms with Gasteiger partial charge in [0.25, 0.3) is 0 Å². The third-order valence-electron chi connectivity index (χ3n) is 3.36. The molecule has 1 aromatic carbocycles. The Morgan fingerprint density at radius 3 is 2.88 bits per heavy atom. The van der Waals surface area contributed by atoms with Gasteiger partial charge in [0.2, 0.25) is 5.91 Å². The largest absolute Gasteiger partial charge is 0.493 e. The predicted molar refractivity (Wildman–Crippen MR) is 101 cm³/mol. The second-order valence-electron chi connectivity index (χ2n) is 5.19. The van der Waals surface area contributed by atoms with Gasteiger partial charge in [0.1, 0.15) is 10.8 Å². The van der Waals surface area contributed by atoms with Crippen molar-refractivity contribution in [3.05, 3.63) is 63.7 Å². The van der Waals surface area contributed by atoms with Gasteiger partial charge in [0.05, 0.1) is 25.3 Å². The number of aromatic nitrogens is 2. The van der Waals surface area contributed by atoms with Gasteiger partial charge in [0.15, 0.2) is 0 Å². The summed E-state index contributed by atoms with van der Waals surface area (Å²) in [6.07, 6.45) is 3.78. The molecular weight excluding hydrogens is 402 g/mol. The van der Waals surface area contributed by atoms with Gasteiger partial charge in [-0.3, -0.25) is 9.78 Å². The summed E-state index contributed by atoms with van der Waals surface area (Å²) in [7, 11) is 0. The molecule has 0 saturated carbocycles. The Morgan fingerprint density at radius 1 is 1.24 bits per heavy atom. The van der Waals surface area contributed by atoms with Crippen molar-refractivity contribution in [2.45, 2.75) is 13.0 Å². The maximum atomic E-state index is 11.9. The lowest BCUT2D eigenvalue weighted by Crippen LogP contribution is -2.24. The molecule has 0 aliphatic carbocycles. The number of amides is 1. The number of hydrogen-bond acceptors (Lipinski definition) is 5. The van der Waals surface area contributed by atoms with E-state index in [0.29, 0.717) is 19.6 Å². The number of nitrogens with zero attached hydrogens (tertiary/aromatic N) is 2. The number of halogens is 1. The zero-order valence-corrected chi connectivity index (χ0v) is 15.7. The van der Waals surface area contributed by atoms with Gasteiger partial charge in [-0.15, -0.1) is 11.3 Å². The van der Waals surface area contributed by atoms with Gasteiger partial charge in [0, 0.05) is 27.8 Å². The molecule has 2 heterocycles. The number of nitrogens with one attached hydrogen (secondary N) is 1. The molecule has 3 aromatic rings. The van der Waals surface area contributed by atoms with Crippen LogP contribution in [0.4, 0.5) is 0 Å². The standard InChI is InChI=1S/C18H16BrN3O2S/c19-14-2-1-3-15(10-14)24-9-6-17(23)21-11-18-22-16(12-25-18)13-4-7-20-8-5-13/h1-5,7-8,10,12H,6,9,11H2,(H,21,23). The van der Waals surface area contributed by atoms with E-state index >= 15 is 0 Å². The quantitative estimate of drug-likeness (QED) is 0.629. The normalized spacial score (nSPS) is 10.4. The summed E-state index contributed by atoms with van der Waals surface area (Å²) < 4.78 is 6.51. The molecular formula is C18H16BrN3O2S. The van der Waals surface area contributed by atoms with E-state index in [2.05, 4.69) is 31.2 Å². The van der Waals surface area contributed by atoms with Crippen molar-refractivity contribution >= 4 is 33.2 Å². The second-order valence-corrected chi connectivity index (χ2v) is 7.05. The molecule has 7 heteroatoms. The van der Waals surface area contributed by atoms with Gasteiger partial charge in [-0.25, -0.2) is 4.98 Å². The lowest BCUT2D eigenvalue weighted by Gasteiger charge is -2.06. The van der Waals surface area contributed by atoms with Crippen LogP contribution < -0.4 is 10.1 Å². The van der Waals surface area contributed by atoms with E-state index in [4.69, 9.17) is 4.74 Å². The van der Waals surface area contributed by atoms with Crippen LogP contribution in [0.15, 0.2) is 58.6 Å². The molecule has 1 amide bonds. The highest BCUT2D eigenvalue weighted by Gasteiger charge is 2.07. The molecule has 0 unspecified atom stereocenters. The third kappa shape index (κ3) is 5.37. The first-order valence-electron chi connectivity index (χ1n) is 7.70. The van der Waals surface area contributed by atoms with Crippen molar-refractivity contribution in [2.75, 3.05) is 6.61 Å². The van der Waals surface area contributed by atoms with Crippen LogP contribution in [-0.4, -0.2) is 22.5 Å². The number of carbonyl (C=O) groups excluding carboxylic acids is 1. The second kappa shape index (κ2) is 8.73. The first-order valence-corrected chi connectivity index (χ1v) is 9.38. The highest BCUT2D eigenvalue weighted by Crippen LogP contribution is 2.21. The number of benzene rings is 1. The molecule has 128 valence electrons. The van der Waals surface area contributed by atoms with E-state index in [1.165, 1.54) is 11.3 Å². The molecule has 0 bridgehead atoms. The van der Waals surface area contributed by atoms with Crippen LogP contribution in [0.1, 0.15) is 11.4 Å². The third-order valence-corrected chi connectivity index (χ3v) is 4.70. The molecule has 2 aromatic heterocycles. The van der Waals surface area contributed by atoms with Crippen molar-refractivity contribution in [3.63, 3.8) is 0 Å². The summed E-state index contributed by atoms with van der Waals surface area (Å²) in [6, 6.07) is 11.4. The van der Waals surface area contributed by atoms with Gasteiger partial charge in [-0.2, -0.15) is 0 Å². The van der Waals surface area contributed by atoms with Crippen molar-refractivity contribution in [2.24, 2.45) is 0 Å². The maximum absolute atomic E-state index is 11.9. The number of rotatable bonds is 7. The molecule has 0 aliphatic rings. The summed E-state index contributed by atoms with van der Waals surface area (Å²) in [6.45, 7) is 0.758. The maximum Gasteiger partial charge on any atom is 0.223 e. The first-order chi connectivity index (χ1) is 12.2. The lowest BCUT2D eigenvalue weighted by molar-refractivity contribution is -0.121. The number of ether oxygens (including phenoxy) is 1. The van der Waals surface area contributed by atoms with Crippen LogP contribution in [0, 0.1) is 0 Å². The summed E-state index contributed by atoms with van der Waals surface area (Å²) in [4.78, 5) is 20.4. The van der Waals surface area contributed by atoms with Crippen molar-refractivity contribution in [1.82, 2.24) is 15.3 Å². The smallest absolute Gasteiger partial charge is 0.223 e. The van der Waals surface area contributed by atoms with Crippen LogP contribution in [0.5, 0.6) is 5.75 Å². The highest BCUT2D eigenvalue weighted by molar-refractivity contribution is 9.10. The van der Waals surface area contributed by atoms with E-state index in [1.807, 2.05) is 41.8 Å². The fraction of sp³-hybridized carbons (Fsp3) is 0.167. The molecule has 0 aliphatic heterocycles. The zero-order chi connectivity index (χ0) is 17.5. The molecule has 0 spiro atoms. The molecule has 0 fully saturated rings. The number of carbonyl (C=O) groups is 1. The van der Waals surface area contributed by atoms with Gasteiger partial charge in [-0.1, -0.05) is 22.0 Å². The summed E-state index contributed by atoms with van der Waals surface area (Å²) >= 11 is 4.91. The minimum absolute atomic E-state index is 0.0596. The van der Waals surface area contributed by atoms with Crippen molar-refractivity contribution < 1.29 is 9.53 Å². The van der Waals surface area contributed by atoms with E-state index in [-0.39, 0.29) is 5.91 Å². The minimum atomic E-state index is -0.0596. The molecule has 0 atom stereocenters. The zero-order valence-electron chi connectivity index (χ0n) is 13.3. The molecule has 3 rings (SSSR count). The van der Waals surface area contributed by atoms with Gasteiger partial charge >= 0.3 is 0 Å². The minimum Gasteiger partial charge on any atom is -0.493 e. The fourth-order valence-electron chi connectivity index (χ4n) is 2.13. The Morgan fingerprint density at radius 2 is 2.08 bits per heavy atom. The van der Waals surface area contributed by atoms with E-state index in [0.717, 1.165) is 26.5 Å². The molecule has 1 N–H and O–H groups in total. The Balaban J connectivity index is 1.43. The molecule has 25 heavy (non-hydrogen) atoms. The average molecular weight is 418 g/mol. The summed E-state index contributed by atoms with van der Waals surface area (Å²) in [5.41, 5.74) is 1.92. The topological polar surface area (TPSA) is 64.1 Å². The van der Waals surface area contributed by atoms with Crippen molar-refractivity contribution in [3.8, 4) is 17.0 Å². The van der Waals surface area contributed by atoms with E-state index in [1.54, 1.807) is 12.4 Å². The van der Waals surface area contributed by atoms with E-state index in [9.17, 15) is 4.79 Å². The van der Waals surface area contributed by atoms with Crippen LogP contribution in [0.25, 0.3) is 11.3 Å². The molecule has 0 saturated heterocycles. The fourth-order valence-corrected chi connectivity index (χ4v) is 3.25. The van der Waals surface area contributed by atoms with Crippen LogP contribution in [0.3, 0.4) is 0 Å². The van der Waals surface area contributed by atoms with Crippen molar-refractivity contribution in [1.29, 1.82) is 0 Å². The van der Waals surface area contributed by atoms with Crippen LogP contribution in [-0.2, 0) is 11.3 Å². The first kappa shape index (κ1) is 17.6. The SMILES string of the molecule is O=C(CCOc1cccc(Br)c1)NCc1nc(-c2ccncc2)cs1. The number of pyridine rings is 1. The predicted octanol–water partition coefficient (Wildman–Crippen LogP) is 4.05. The van der Waals surface area contributed by atoms with E-state index < -0.39 is 0 Å². The lowest BCUT2D eigenvalue weighted by atomic mass is 10.2.